The van der Waals surface area contributed by atoms with Crippen LogP contribution >= 0.6 is 0 Å². The predicted molar refractivity (Wildman–Crippen MR) is 78.0 cm³/mol. The number of aliphatic carboxylic acids is 1. The standard InChI is InChI=1S/C13H18O5S2/c1-10(2)20(17,18)8-7-19(16)12-5-3-11(4-6-12)9-13(14)15/h3-6,10H,7-9H2,1-2H3,(H,14,15). The van der Waals surface area contributed by atoms with E-state index in [1.54, 1.807) is 38.1 Å². The molecule has 1 N–H and O–H groups in total. The fraction of sp³-hybridized carbons (Fsp3) is 0.462. The van der Waals surface area contributed by atoms with Gasteiger partial charge >= 0.3 is 5.97 Å². The molecule has 112 valence electrons. The number of rotatable bonds is 7. The highest BCUT2D eigenvalue weighted by Gasteiger charge is 2.17. The average Bonchev–Trinajstić information content (AvgIpc) is 2.36. The fourth-order valence-corrected chi connectivity index (χ4v) is 4.16. The summed E-state index contributed by atoms with van der Waals surface area (Å²) < 4.78 is 35.3. The Hall–Kier alpha value is -1.21. The van der Waals surface area contributed by atoms with Gasteiger partial charge in [-0.3, -0.25) is 9.00 Å². The smallest absolute Gasteiger partial charge is 0.307 e. The molecule has 0 spiro atoms. The van der Waals surface area contributed by atoms with Crippen molar-refractivity contribution in [3.05, 3.63) is 29.8 Å². The highest BCUT2D eigenvalue weighted by molar-refractivity contribution is 7.93. The monoisotopic (exact) mass is 318 g/mol. The van der Waals surface area contributed by atoms with Gasteiger partial charge in [0.1, 0.15) is 0 Å². The Morgan fingerprint density at radius 1 is 1.25 bits per heavy atom. The minimum absolute atomic E-state index is 0.0544. The molecule has 7 heteroatoms. The van der Waals surface area contributed by atoms with Crippen LogP contribution in [0.5, 0.6) is 0 Å². The van der Waals surface area contributed by atoms with E-state index in [1.807, 2.05) is 0 Å². The van der Waals surface area contributed by atoms with E-state index in [0.717, 1.165) is 0 Å². The van der Waals surface area contributed by atoms with E-state index in [-0.39, 0.29) is 17.9 Å². The lowest BCUT2D eigenvalue weighted by atomic mass is 10.2. The average molecular weight is 318 g/mol. The molecular weight excluding hydrogens is 300 g/mol. The van der Waals surface area contributed by atoms with E-state index in [0.29, 0.717) is 10.5 Å². The van der Waals surface area contributed by atoms with Crippen LogP contribution in [0.25, 0.3) is 0 Å². The number of sulfone groups is 1. The van der Waals surface area contributed by atoms with Gasteiger partial charge in [0.05, 0.1) is 28.2 Å². The molecule has 0 heterocycles. The zero-order valence-electron chi connectivity index (χ0n) is 11.4. The number of carbonyl (C=O) groups is 1. The molecule has 0 saturated carbocycles. The van der Waals surface area contributed by atoms with E-state index in [9.17, 15) is 17.4 Å². The van der Waals surface area contributed by atoms with Crippen LogP contribution in [0.15, 0.2) is 29.2 Å². The van der Waals surface area contributed by atoms with Gasteiger partial charge < -0.3 is 5.11 Å². The molecule has 20 heavy (non-hydrogen) atoms. The summed E-state index contributed by atoms with van der Waals surface area (Å²) in [6.45, 7) is 3.19. The first kappa shape index (κ1) is 16.8. The summed E-state index contributed by atoms with van der Waals surface area (Å²) >= 11 is 0. The van der Waals surface area contributed by atoms with Crippen LogP contribution in [-0.4, -0.2) is 40.5 Å². The van der Waals surface area contributed by atoms with Gasteiger partial charge in [-0.15, -0.1) is 0 Å². The Kier molecular flexibility index (Phi) is 5.88. The molecule has 0 fully saturated rings. The third-order valence-electron chi connectivity index (χ3n) is 2.81. The van der Waals surface area contributed by atoms with Gasteiger partial charge in [0, 0.05) is 10.6 Å². The molecular formula is C13H18O5S2. The second kappa shape index (κ2) is 6.99. The summed E-state index contributed by atoms with van der Waals surface area (Å²) in [5.41, 5.74) is 0.619. The highest BCUT2D eigenvalue weighted by Crippen LogP contribution is 2.11. The Morgan fingerprint density at radius 2 is 1.80 bits per heavy atom. The fourth-order valence-electron chi connectivity index (χ4n) is 1.48. The van der Waals surface area contributed by atoms with Crippen LogP contribution in [0.3, 0.4) is 0 Å². The minimum atomic E-state index is -3.20. The second-order valence-corrected chi connectivity index (χ2v) is 8.93. The van der Waals surface area contributed by atoms with Crippen LogP contribution < -0.4 is 0 Å². The lowest BCUT2D eigenvalue weighted by Crippen LogP contribution is -2.21. The van der Waals surface area contributed by atoms with Crippen molar-refractivity contribution in [3.8, 4) is 0 Å². The number of hydrogen-bond donors (Lipinski definition) is 1. The van der Waals surface area contributed by atoms with E-state index < -0.39 is 31.9 Å². The Bertz CT molecular complexity index is 588. The third kappa shape index (κ3) is 5.05. The first-order valence-corrected chi connectivity index (χ1v) is 9.16. The van der Waals surface area contributed by atoms with Crippen LogP contribution in [-0.2, 0) is 31.9 Å². The number of carboxylic acid groups (broad SMARTS) is 1. The topological polar surface area (TPSA) is 88.5 Å². The molecule has 0 saturated heterocycles. The summed E-state index contributed by atoms with van der Waals surface area (Å²) in [4.78, 5) is 11.0. The summed E-state index contributed by atoms with van der Waals surface area (Å²) in [6.07, 6.45) is -0.0886. The second-order valence-electron chi connectivity index (χ2n) is 4.68. The molecule has 0 amide bonds. The van der Waals surface area contributed by atoms with Crippen molar-refractivity contribution in [2.75, 3.05) is 11.5 Å². The summed E-state index contributed by atoms with van der Waals surface area (Å²) in [7, 11) is -4.59. The van der Waals surface area contributed by atoms with Gasteiger partial charge in [0.25, 0.3) is 0 Å². The molecule has 0 aliphatic rings. The first-order chi connectivity index (χ1) is 9.22. The molecule has 0 bridgehead atoms. The lowest BCUT2D eigenvalue weighted by Gasteiger charge is -2.07. The normalized spacial score (nSPS) is 13.3. The van der Waals surface area contributed by atoms with Crippen molar-refractivity contribution in [1.82, 2.24) is 0 Å². The molecule has 1 unspecified atom stereocenters. The number of hydrogen-bond acceptors (Lipinski definition) is 4. The van der Waals surface area contributed by atoms with E-state index >= 15 is 0 Å². The van der Waals surface area contributed by atoms with Crippen molar-refractivity contribution in [3.63, 3.8) is 0 Å². The predicted octanol–water partition coefficient (Wildman–Crippen LogP) is 1.24. The Labute approximate surface area is 121 Å². The number of benzene rings is 1. The molecule has 1 aromatic carbocycles. The van der Waals surface area contributed by atoms with Gasteiger partial charge in [-0.25, -0.2) is 8.42 Å². The van der Waals surface area contributed by atoms with E-state index in [4.69, 9.17) is 5.11 Å². The van der Waals surface area contributed by atoms with Gasteiger partial charge in [0.15, 0.2) is 9.84 Å². The van der Waals surface area contributed by atoms with Crippen molar-refractivity contribution >= 4 is 26.6 Å². The van der Waals surface area contributed by atoms with E-state index in [2.05, 4.69) is 0 Å². The lowest BCUT2D eigenvalue weighted by molar-refractivity contribution is -0.136. The molecule has 0 aromatic heterocycles. The van der Waals surface area contributed by atoms with Crippen LogP contribution in [0.4, 0.5) is 0 Å². The van der Waals surface area contributed by atoms with Crippen molar-refractivity contribution in [2.24, 2.45) is 0 Å². The van der Waals surface area contributed by atoms with Crippen LogP contribution in [0.2, 0.25) is 0 Å². The quantitative estimate of drug-likeness (QED) is 0.817. The summed E-state index contributed by atoms with van der Waals surface area (Å²) in [5, 5.41) is 8.17. The van der Waals surface area contributed by atoms with Gasteiger partial charge in [-0.1, -0.05) is 12.1 Å². The Balaban J connectivity index is 2.67. The summed E-state index contributed by atoms with van der Waals surface area (Å²) in [5.74, 6) is -0.991. The minimum Gasteiger partial charge on any atom is -0.481 e. The molecule has 1 rings (SSSR count). The first-order valence-electron chi connectivity index (χ1n) is 6.13. The highest BCUT2D eigenvalue weighted by atomic mass is 32.2. The zero-order valence-corrected chi connectivity index (χ0v) is 13.0. The molecule has 1 aromatic rings. The summed E-state index contributed by atoms with van der Waals surface area (Å²) in [6, 6.07) is 6.35. The SMILES string of the molecule is CC(C)S(=O)(=O)CCS(=O)c1ccc(CC(=O)O)cc1. The molecule has 0 radical (unpaired) electrons. The van der Waals surface area contributed by atoms with Gasteiger partial charge in [0.2, 0.25) is 0 Å². The Morgan fingerprint density at radius 3 is 2.25 bits per heavy atom. The van der Waals surface area contributed by atoms with Crippen LogP contribution in [0.1, 0.15) is 19.4 Å². The molecule has 0 aliphatic carbocycles. The van der Waals surface area contributed by atoms with Crippen molar-refractivity contribution < 1.29 is 22.5 Å². The molecule has 5 nitrogen and oxygen atoms in total. The largest absolute Gasteiger partial charge is 0.481 e. The molecule has 0 aliphatic heterocycles. The number of carboxylic acids is 1. The molecule has 1 atom stereocenters. The van der Waals surface area contributed by atoms with Crippen molar-refractivity contribution in [1.29, 1.82) is 0 Å². The maximum atomic E-state index is 12.0. The maximum Gasteiger partial charge on any atom is 0.307 e. The van der Waals surface area contributed by atoms with Crippen LogP contribution in [0, 0.1) is 0 Å². The maximum absolute atomic E-state index is 12.0. The van der Waals surface area contributed by atoms with Gasteiger partial charge in [-0.05, 0) is 31.5 Å². The third-order valence-corrected chi connectivity index (χ3v) is 6.65. The van der Waals surface area contributed by atoms with Gasteiger partial charge in [-0.2, -0.15) is 0 Å². The zero-order chi connectivity index (χ0) is 15.3. The van der Waals surface area contributed by atoms with E-state index in [1.165, 1.54) is 0 Å². The van der Waals surface area contributed by atoms with Crippen molar-refractivity contribution in [2.45, 2.75) is 30.4 Å².